The van der Waals surface area contributed by atoms with Gasteiger partial charge in [0.1, 0.15) is 0 Å². The second kappa shape index (κ2) is 8.40. The van der Waals surface area contributed by atoms with E-state index in [9.17, 15) is 0 Å². The fraction of sp³-hybridized carbons (Fsp3) is 0.667. The first-order valence-electron chi connectivity index (χ1n) is 10.3. The standard InChI is InChI=1S/C21H32N4O/c1-2-22-21(23-11-10-17-8-9-17)25-15-19-20(16-25)26-13-12-24(19)14-18-6-4-3-5-7-18/h3-7,17,19-20H,2,8-16H2,1H3,(H,22,23). The molecule has 5 heteroatoms. The van der Waals surface area contributed by atoms with Crippen molar-refractivity contribution in [3.8, 4) is 0 Å². The van der Waals surface area contributed by atoms with E-state index in [0.717, 1.165) is 57.8 Å². The Morgan fingerprint density at radius 1 is 1.23 bits per heavy atom. The molecule has 3 aliphatic rings. The number of benzene rings is 1. The summed E-state index contributed by atoms with van der Waals surface area (Å²) in [6, 6.07) is 11.2. The van der Waals surface area contributed by atoms with Crippen LogP contribution in [-0.4, -0.2) is 67.2 Å². The van der Waals surface area contributed by atoms with Crippen LogP contribution in [0.1, 0.15) is 31.7 Å². The molecular weight excluding hydrogens is 324 g/mol. The fourth-order valence-corrected chi connectivity index (χ4v) is 4.13. The quantitative estimate of drug-likeness (QED) is 0.627. The minimum Gasteiger partial charge on any atom is -0.373 e. The van der Waals surface area contributed by atoms with Crippen LogP contribution in [0, 0.1) is 5.92 Å². The van der Waals surface area contributed by atoms with E-state index in [1.54, 1.807) is 0 Å². The van der Waals surface area contributed by atoms with Gasteiger partial charge in [0.25, 0.3) is 0 Å². The van der Waals surface area contributed by atoms with Gasteiger partial charge >= 0.3 is 0 Å². The van der Waals surface area contributed by atoms with Crippen molar-refractivity contribution in [1.29, 1.82) is 0 Å². The van der Waals surface area contributed by atoms with Gasteiger partial charge in [-0.1, -0.05) is 43.2 Å². The number of nitrogens with zero attached hydrogens (tertiary/aromatic N) is 3. The Bertz CT molecular complexity index is 601. The highest BCUT2D eigenvalue weighted by Gasteiger charge is 2.41. The molecule has 3 fully saturated rings. The third kappa shape index (κ3) is 4.38. The molecule has 4 rings (SSSR count). The van der Waals surface area contributed by atoms with Crippen molar-refractivity contribution in [3.05, 3.63) is 35.9 Å². The van der Waals surface area contributed by atoms with Crippen LogP contribution in [0.15, 0.2) is 35.3 Å². The topological polar surface area (TPSA) is 40.1 Å². The first kappa shape index (κ1) is 17.8. The Balaban J connectivity index is 1.40. The van der Waals surface area contributed by atoms with E-state index in [2.05, 4.69) is 52.4 Å². The van der Waals surface area contributed by atoms with E-state index in [1.165, 1.54) is 24.8 Å². The maximum absolute atomic E-state index is 6.11. The highest BCUT2D eigenvalue weighted by Crippen LogP contribution is 2.32. The number of fused-ring (bicyclic) bond motifs is 1. The fourth-order valence-electron chi connectivity index (χ4n) is 4.13. The van der Waals surface area contributed by atoms with Gasteiger partial charge in [0.05, 0.1) is 18.8 Å². The van der Waals surface area contributed by atoms with Crippen molar-refractivity contribution in [3.63, 3.8) is 0 Å². The van der Waals surface area contributed by atoms with Gasteiger partial charge in [0.15, 0.2) is 5.96 Å². The molecule has 2 saturated heterocycles. The Labute approximate surface area is 157 Å². The lowest BCUT2D eigenvalue weighted by Gasteiger charge is -2.36. The highest BCUT2D eigenvalue weighted by atomic mass is 16.5. The van der Waals surface area contributed by atoms with Crippen LogP contribution in [0.2, 0.25) is 0 Å². The number of aliphatic imine (C=N–C) groups is 1. The minimum absolute atomic E-state index is 0.291. The molecule has 2 heterocycles. The number of nitrogens with one attached hydrogen (secondary N) is 1. The van der Waals surface area contributed by atoms with Crippen molar-refractivity contribution < 1.29 is 4.74 Å². The monoisotopic (exact) mass is 356 g/mol. The van der Waals surface area contributed by atoms with Crippen molar-refractivity contribution in [2.24, 2.45) is 10.9 Å². The van der Waals surface area contributed by atoms with Crippen LogP contribution >= 0.6 is 0 Å². The summed E-state index contributed by atoms with van der Waals surface area (Å²) in [6.07, 6.45) is 4.34. The number of ether oxygens (including phenoxy) is 1. The Kier molecular flexibility index (Phi) is 5.75. The summed E-state index contributed by atoms with van der Waals surface area (Å²) in [5.41, 5.74) is 1.39. The van der Waals surface area contributed by atoms with Gasteiger partial charge in [-0.25, -0.2) is 0 Å². The third-order valence-electron chi connectivity index (χ3n) is 5.78. The van der Waals surface area contributed by atoms with Crippen LogP contribution in [0.4, 0.5) is 0 Å². The maximum Gasteiger partial charge on any atom is 0.194 e. The van der Waals surface area contributed by atoms with E-state index in [-0.39, 0.29) is 0 Å². The average Bonchev–Trinajstić information content (AvgIpc) is 3.38. The molecule has 2 aliphatic heterocycles. The maximum atomic E-state index is 6.11. The molecular formula is C21H32N4O. The molecule has 1 aromatic carbocycles. The van der Waals surface area contributed by atoms with Gasteiger partial charge in [-0.3, -0.25) is 9.89 Å². The number of likely N-dealkylation sites (tertiary alicyclic amines) is 1. The SMILES string of the molecule is CCNC(=NCCC1CC1)N1CC2OCCN(Cc3ccccc3)C2C1. The van der Waals surface area contributed by atoms with Crippen LogP contribution in [0.3, 0.4) is 0 Å². The average molecular weight is 357 g/mol. The first-order chi connectivity index (χ1) is 12.8. The smallest absolute Gasteiger partial charge is 0.194 e. The molecule has 1 aromatic rings. The van der Waals surface area contributed by atoms with Gasteiger partial charge in [0.2, 0.25) is 0 Å². The zero-order chi connectivity index (χ0) is 17.8. The molecule has 0 amide bonds. The molecule has 0 bridgehead atoms. The molecule has 1 aliphatic carbocycles. The van der Waals surface area contributed by atoms with E-state index in [4.69, 9.17) is 9.73 Å². The summed E-state index contributed by atoms with van der Waals surface area (Å²) < 4.78 is 6.11. The van der Waals surface area contributed by atoms with Gasteiger partial charge in [-0.05, 0) is 24.8 Å². The van der Waals surface area contributed by atoms with Gasteiger partial charge in [0, 0.05) is 39.3 Å². The molecule has 2 unspecified atom stereocenters. The highest BCUT2D eigenvalue weighted by molar-refractivity contribution is 5.80. The summed E-state index contributed by atoms with van der Waals surface area (Å²) in [5, 5.41) is 3.49. The molecule has 142 valence electrons. The Morgan fingerprint density at radius 2 is 2.08 bits per heavy atom. The molecule has 26 heavy (non-hydrogen) atoms. The Morgan fingerprint density at radius 3 is 2.85 bits per heavy atom. The lowest BCUT2D eigenvalue weighted by molar-refractivity contribution is -0.0502. The van der Waals surface area contributed by atoms with Crippen molar-refractivity contribution in [1.82, 2.24) is 15.1 Å². The van der Waals surface area contributed by atoms with Gasteiger partial charge in [-0.2, -0.15) is 0 Å². The molecule has 5 nitrogen and oxygen atoms in total. The molecule has 0 radical (unpaired) electrons. The van der Waals surface area contributed by atoms with Crippen LogP contribution < -0.4 is 5.32 Å². The number of hydrogen-bond donors (Lipinski definition) is 1. The summed E-state index contributed by atoms with van der Waals surface area (Å²) in [5.74, 6) is 2.01. The molecule has 1 saturated carbocycles. The minimum atomic E-state index is 0.291. The number of morpholine rings is 1. The second-order valence-electron chi connectivity index (χ2n) is 7.81. The molecule has 0 spiro atoms. The van der Waals surface area contributed by atoms with Gasteiger partial charge in [-0.15, -0.1) is 0 Å². The van der Waals surface area contributed by atoms with E-state index in [0.29, 0.717) is 12.1 Å². The summed E-state index contributed by atoms with van der Waals surface area (Å²) in [7, 11) is 0. The number of guanidine groups is 1. The predicted octanol–water partition coefficient (Wildman–Crippen LogP) is 2.34. The summed E-state index contributed by atoms with van der Waals surface area (Å²) in [4.78, 5) is 9.91. The number of hydrogen-bond acceptors (Lipinski definition) is 3. The van der Waals surface area contributed by atoms with E-state index in [1.807, 2.05) is 0 Å². The predicted molar refractivity (Wildman–Crippen MR) is 105 cm³/mol. The van der Waals surface area contributed by atoms with Crippen molar-refractivity contribution in [2.45, 2.75) is 44.9 Å². The van der Waals surface area contributed by atoms with E-state index < -0.39 is 0 Å². The number of rotatable bonds is 6. The zero-order valence-corrected chi connectivity index (χ0v) is 15.9. The summed E-state index contributed by atoms with van der Waals surface area (Å²) >= 11 is 0. The van der Waals surface area contributed by atoms with Crippen molar-refractivity contribution >= 4 is 5.96 Å². The normalized spacial score (nSPS) is 26.8. The van der Waals surface area contributed by atoms with Crippen LogP contribution in [-0.2, 0) is 11.3 Å². The van der Waals surface area contributed by atoms with Crippen molar-refractivity contribution in [2.75, 3.05) is 39.3 Å². The molecule has 1 N–H and O–H groups in total. The lowest BCUT2D eigenvalue weighted by Crippen LogP contribution is -2.50. The molecule has 0 aromatic heterocycles. The lowest BCUT2D eigenvalue weighted by atomic mass is 10.1. The van der Waals surface area contributed by atoms with E-state index >= 15 is 0 Å². The van der Waals surface area contributed by atoms with Crippen LogP contribution in [0.5, 0.6) is 0 Å². The third-order valence-corrected chi connectivity index (χ3v) is 5.78. The van der Waals surface area contributed by atoms with Crippen LogP contribution in [0.25, 0.3) is 0 Å². The largest absolute Gasteiger partial charge is 0.373 e. The zero-order valence-electron chi connectivity index (χ0n) is 15.9. The summed E-state index contributed by atoms with van der Waals surface area (Å²) in [6.45, 7) is 8.83. The molecule has 2 atom stereocenters. The van der Waals surface area contributed by atoms with Gasteiger partial charge < -0.3 is 15.0 Å². The Hall–Kier alpha value is -1.59. The second-order valence-corrected chi connectivity index (χ2v) is 7.81. The first-order valence-corrected chi connectivity index (χ1v) is 10.3.